The maximum Gasteiger partial charge on any atom is 0.264 e. The number of hydrogen-bond acceptors (Lipinski definition) is 5. The molecule has 172 valence electrons. The Bertz CT molecular complexity index is 1000. The van der Waals surface area contributed by atoms with Crippen LogP contribution in [0.5, 0.6) is 5.75 Å². The molecule has 0 aromatic heterocycles. The summed E-state index contributed by atoms with van der Waals surface area (Å²) in [5.41, 5.74) is 0.446. The quantitative estimate of drug-likeness (QED) is 0.647. The van der Waals surface area contributed by atoms with Gasteiger partial charge in [0.25, 0.3) is 15.9 Å². The molecule has 0 bridgehead atoms. The number of hydrogen-bond donors (Lipinski definition) is 1. The van der Waals surface area contributed by atoms with Crippen LogP contribution in [-0.2, 0) is 14.8 Å². The first-order valence-corrected chi connectivity index (χ1v) is 12.8. The van der Waals surface area contributed by atoms with Crippen LogP contribution in [0.3, 0.4) is 0 Å². The van der Waals surface area contributed by atoms with Gasteiger partial charge in [-0.3, -0.25) is 9.10 Å². The summed E-state index contributed by atoms with van der Waals surface area (Å²) in [6, 6.07) is 15.2. The minimum Gasteiger partial charge on any atom is -0.476 e. The Hall–Kier alpha value is -2.58. The fraction of sp³-hybridized carbons (Fsp3) is 0.458. The highest BCUT2D eigenvalue weighted by molar-refractivity contribution is 7.92. The van der Waals surface area contributed by atoms with Crippen molar-refractivity contribution in [2.75, 3.05) is 37.0 Å². The van der Waals surface area contributed by atoms with Crippen molar-refractivity contribution in [2.45, 2.75) is 43.1 Å². The first-order valence-electron chi connectivity index (χ1n) is 11.4. The van der Waals surface area contributed by atoms with Crippen LogP contribution in [0, 0.1) is 0 Å². The van der Waals surface area contributed by atoms with E-state index in [4.69, 9.17) is 4.74 Å². The minimum absolute atomic E-state index is 0.0633. The Morgan fingerprint density at radius 2 is 1.66 bits per heavy atom. The molecule has 1 N–H and O–H groups in total. The Morgan fingerprint density at radius 1 is 0.969 bits per heavy atom. The third-order valence-corrected chi connectivity index (χ3v) is 7.80. The average molecular weight is 458 g/mol. The molecule has 8 heteroatoms. The van der Waals surface area contributed by atoms with Gasteiger partial charge in [-0.2, -0.15) is 0 Å². The normalized spacial score (nSPS) is 19.5. The Kier molecular flexibility index (Phi) is 7.32. The van der Waals surface area contributed by atoms with E-state index in [2.05, 4.69) is 10.2 Å². The van der Waals surface area contributed by atoms with E-state index >= 15 is 0 Å². The number of rotatable bonds is 7. The number of ether oxygens (including phenoxy) is 1. The predicted octanol–water partition coefficient (Wildman–Crippen LogP) is 3.03. The number of para-hydroxylation sites is 2. The number of benzene rings is 2. The number of nitrogens with one attached hydrogen (secondary N) is 1. The zero-order valence-electron chi connectivity index (χ0n) is 18.3. The van der Waals surface area contributed by atoms with Crippen molar-refractivity contribution < 1.29 is 17.9 Å². The Labute approximate surface area is 190 Å². The second-order valence-corrected chi connectivity index (χ2v) is 10.2. The van der Waals surface area contributed by atoms with E-state index in [9.17, 15) is 13.2 Å². The summed E-state index contributed by atoms with van der Waals surface area (Å²) >= 11 is 0. The number of carbonyl (C=O) groups excluding carboxylic acids is 1. The van der Waals surface area contributed by atoms with Gasteiger partial charge >= 0.3 is 0 Å². The Balaban J connectivity index is 1.41. The second kappa shape index (κ2) is 10.4. The number of anilines is 1. The fourth-order valence-electron chi connectivity index (χ4n) is 4.27. The number of likely N-dealkylation sites (tertiary alicyclic amines) is 1. The molecule has 1 amide bonds. The smallest absolute Gasteiger partial charge is 0.264 e. The minimum atomic E-state index is -3.82. The lowest BCUT2D eigenvalue weighted by atomic mass is 10.2. The van der Waals surface area contributed by atoms with Gasteiger partial charge in [0.2, 0.25) is 0 Å². The number of sulfonamides is 1. The molecular formula is C24H31N3O4S. The van der Waals surface area contributed by atoms with Crippen LogP contribution >= 0.6 is 0 Å². The van der Waals surface area contributed by atoms with Crippen molar-refractivity contribution in [2.24, 2.45) is 0 Å². The predicted molar refractivity (Wildman–Crippen MR) is 124 cm³/mol. The molecule has 2 aromatic carbocycles. The number of carbonyl (C=O) groups is 1. The van der Waals surface area contributed by atoms with Crippen LogP contribution in [0.1, 0.15) is 32.1 Å². The molecule has 1 atom stereocenters. The van der Waals surface area contributed by atoms with Gasteiger partial charge in [-0.05, 0) is 63.2 Å². The highest BCUT2D eigenvalue weighted by Gasteiger charge is 2.37. The van der Waals surface area contributed by atoms with Gasteiger partial charge in [-0.15, -0.1) is 0 Å². The number of nitrogens with zero attached hydrogens (tertiary/aromatic N) is 2. The van der Waals surface area contributed by atoms with Crippen LogP contribution in [0.2, 0.25) is 0 Å². The van der Waals surface area contributed by atoms with Crippen LogP contribution in [-0.4, -0.2) is 58.1 Å². The van der Waals surface area contributed by atoms with E-state index in [1.807, 2.05) is 0 Å². The molecule has 1 saturated heterocycles. The van der Waals surface area contributed by atoms with Gasteiger partial charge < -0.3 is 15.0 Å². The number of fused-ring (bicyclic) bond motifs is 1. The molecule has 2 aliphatic heterocycles. The van der Waals surface area contributed by atoms with Gasteiger partial charge in [-0.1, -0.05) is 43.2 Å². The van der Waals surface area contributed by atoms with E-state index in [0.29, 0.717) is 18.0 Å². The van der Waals surface area contributed by atoms with Gasteiger partial charge in [0, 0.05) is 6.54 Å². The molecule has 4 rings (SSSR count). The molecule has 0 spiro atoms. The zero-order chi connectivity index (χ0) is 22.4. The maximum atomic E-state index is 13.3. The summed E-state index contributed by atoms with van der Waals surface area (Å²) in [4.78, 5) is 15.5. The molecule has 7 nitrogen and oxygen atoms in total. The highest BCUT2D eigenvalue weighted by atomic mass is 32.2. The molecular weight excluding hydrogens is 426 g/mol. The molecule has 0 radical (unpaired) electrons. The lowest BCUT2D eigenvalue weighted by Gasteiger charge is -2.34. The monoisotopic (exact) mass is 457 g/mol. The number of amides is 1. The maximum absolute atomic E-state index is 13.3. The van der Waals surface area contributed by atoms with Crippen molar-refractivity contribution in [1.29, 1.82) is 0 Å². The third-order valence-electron chi connectivity index (χ3n) is 6.01. The molecule has 2 aromatic rings. The Morgan fingerprint density at radius 3 is 2.41 bits per heavy atom. The standard InChI is InChI=1S/C24H31N3O4S/c28-24(25-15-10-18-26-16-8-1-2-9-17-26)23-19-27(21-13-6-7-14-22(21)31-23)32(29,30)20-11-4-3-5-12-20/h3-7,11-14,23H,1-2,8-10,15-19H2,(H,25,28). The van der Waals surface area contributed by atoms with Crippen molar-refractivity contribution >= 4 is 21.6 Å². The summed E-state index contributed by atoms with van der Waals surface area (Å²) in [6.07, 6.45) is 5.05. The molecule has 2 heterocycles. The largest absolute Gasteiger partial charge is 0.476 e. The SMILES string of the molecule is O=C(NCCCN1CCCCCC1)C1CN(S(=O)(=O)c2ccccc2)c2ccccc2O1. The lowest BCUT2D eigenvalue weighted by Crippen LogP contribution is -2.51. The topological polar surface area (TPSA) is 79.0 Å². The van der Waals surface area contributed by atoms with E-state index in [0.717, 1.165) is 26.1 Å². The highest BCUT2D eigenvalue weighted by Crippen LogP contribution is 2.36. The van der Waals surface area contributed by atoms with Crippen molar-refractivity contribution in [3.8, 4) is 5.75 Å². The van der Waals surface area contributed by atoms with E-state index in [1.165, 1.54) is 30.0 Å². The molecule has 0 saturated carbocycles. The average Bonchev–Trinajstić information content (AvgIpc) is 3.10. The lowest BCUT2D eigenvalue weighted by molar-refractivity contribution is -0.127. The van der Waals surface area contributed by atoms with Gasteiger partial charge in [0.15, 0.2) is 6.10 Å². The third kappa shape index (κ3) is 5.24. The van der Waals surface area contributed by atoms with Crippen molar-refractivity contribution in [3.05, 3.63) is 54.6 Å². The van der Waals surface area contributed by atoms with Crippen LogP contribution < -0.4 is 14.4 Å². The van der Waals surface area contributed by atoms with Gasteiger partial charge in [0.05, 0.1) is 17.1 Å². The van der Waals surface area contributed by atoms with Crippen LogP contribution in [0.15, 0.2) is 59.5 Å². The van der Waals surface area contributed by atoms with E-state index in [1.54, 1.807) is 54.6 Å². The summed E-state index contributed by atoms with van der Waals surface area (Å²) in [5, 5.41) is 2.94. The van der Waals surface area contributed by atoms with Crippen LogP contribution in [0.25, 0.3) is 0 Å². The van der Waals surface area contributed by atoms with Gasteiger partial charge in [-0.25, -0.2) is 8.42 Å². The molecule has 2 aliphatic rings. The molecule has 1 unspecified atom stereocenters. The van der Waals surface area contributed by atoms with Gasteiger partial charge in [0.1, 0.15) is 5.75 Å². The first kappa shape index (κ1) is 22.6. The summed E-state index contributed by atoms with van der Waals surface area (Å²) in [7, 11) is -3.82. The zero-order valence-corrected chi connectivity index (χ0v) is 19.1. The molecule has 0 aliphatic carbocycles. The molecule has 32 heavy (non-hydrogen) atoms. The summed E-state index contributed by atoms with van der Waals surface area (Å²) < 4.78 is 33.8. The van der Waals surface area contributed by atoms with Crippen molar-refractivity contribution in [1.82, 2.24) is 10.2 Å². The first-order chi connectivity index (χ1) is 15.6. The van der Waals surface area contributed by atoms with Crippen molar-refractivity contribution in [3.63, 3.8) is 0 Å². The molecule has 1 fully saturated rings. The van der Waals surface area contributed by atoms with Crippen LogP contribution in [0.4, 0.5) is 5.69 Å². The second-order valence-electron chi connectivity index (χ2n) is 8.32. The van der Waals surface area contributed by atoms with E-state index in [-0.39, 0.29) is 17.3 Å². The summed E-state index contributed by atoms with van der Waals surface area (Å²) in [6.45, 7) is 3.70. The fourth-order valence-corrected chi connectivity index (χ4v) is 5.77. The van der Waals surface area contributed by atoms with E-state index < -0.39 is 16.1 Å². The summed E-state index contributed by atoms with van der Waals surface area (Å²) in [5.74, 6) is 0.103.